The summed E-state index contributed by atoms with van der Waals surface area (Å²) in [6, 6.07) is 8.32. The third-order valence-electron chi connectivity index (χ3n) is 8.32. The van der Waals surface area contributed by atoms with Crippen molar-refractivity contribution in [3.05, 3.63) is 82.1 Å². The number of hydrogen-bond acceptors (Lipinski definition) is 9. The van der Waals surface area contributed by atoms with Crippen molar-refractivity contribution in [2.24, 2.45) is 0 Å². The Kier molecular flexibility index (Phi) is 10.8. The minimum Gasteiger partial charge on any atom is -0.480 e. The van der Waals surface area contributed by atoms with Crippen LogP contribution in [-0.4, -0.2) is 86.0 Å². The minimum atomic E-state index is -4.36. The van der Waals surface area contributed by atoms with Crippen LogP contribution in [0.15, 0.2) is 70.7 Å². The first-order valence-electron chi connectivity index (χ1n) is 14.9. The smallest absolute Gasteiger partial charge is 0.326 e. The van der Waals surface area contributed by atoms with Crippen LogP contribution in [0.3, 0.4) is 0 Å². The predicted molar refractivity (Wildman–Crippen MR) is 178 cm³/mol. The molecule has 2 aliphatic rings. The Morgan fingerprint density at radius 1 is 0.979 bits per heavy atom. The van der Waals surface area contributed by atoms with Gasteiger partial charge in [-0.25, -0.2) is 21.6 Å². The van der Waals surface area contributed by atoms with Crippen molar-refractivity contribution < 1.29 is 36.3 Å². The molecule has 48 heavy (non-hydrogen) atoms. The van der Waals surface area contributed by atoms with Crippen molar-refractivity contribution in [3.8, 4) is 0 Å². The zero-order chi connectivity index (χ0) is 34.8. The number of aromatic nitrogens is 1. The van der Waals surface area contributed by atoms with Crippen molar-refractivity contribution in [2.45, 2.75) is 66.1 Å². The fourth-order valence-corrected chi connectivity index (χ4v) is 8.56. The van der Waals surface area contributed by atoms with Crippen LogP contribution in [0.5, 0.6) is 0 Å². The van der Waals surface area contributed by atoms with E-state index >= 15 is 0 Å². The molecule has 2 aromatic carbocycles. The zero-order valence-electron chi connectivity index (χ0n) is 25.6. The Morgan fingerprint density at radius 3 is 2.21 bits per heavy atom. The summed E-state index contributed by atoms with van der Waals surface area (Å²) < 4.78 is 53.0. The van der Waals surface area contributed by atoms with Crippen LogP contribution in [0, 0.1) is 0 Å². The lowest BCUT2D eigenvalue weighted by atomic mass is 9.92. The first kappa shape index (κ1) is 35.7. The predicted octanol–water partition coefficient (Wildman–Crippen LogP) is 3.13. The van der Waals surface area contributed by atoms with Crippen molar-refractivity contribution in [3.63, 3.8) is 0 Å². The molecule has 1 saturated heterocycles. The van der Waals surface area contributed by atoms with Crippen LogP contribution in [0.4, 0.5) is 5.69 Å². The Bertz CT molecular complexity index is 1920. The van der Waals surface area contributed by atoms with Gasteiger partial charge in [0.05, 0.1) is 25.4 Å². The number of rotatable bonds is 12. The van der Waals surface area contributed by atoms with Crippen LogP contribution in [0.1, 0.15) is 41.6 Å². The van der Waals surface area contributed by atoms with Crippen molar-refractivity contribution in [1.29, 1.82) is 0 Å². The quantitative estimate of drug-likeness (QED) is 0.215. The second-order valence-electron chi connectivity index (χ2n) is 11.8. The molecule has 4 N–H and O–H groups in total. The molecule has 0 bridgehead atoms. The molecule has 13 nitrogen and oxygen atoms in total. The second-order valence-corrected chi connectivity index (χ2v) is 16.5. The molecule has 0 spiro atoms. The Labute approximate surface area is 288 Å². The average Bonchev–Trinajstić information content (AvgIpc) is 3.44. The standard InChI is InChI=1S/C31H33Cl2N5O8S2/c1-47(43,44)22-6-3-7-23(14-22)48(45,46)38-17-21(35-19-4-2-5-19)13-27(38)29(39)37-26(31(41)42)12-18-8-10-20(11-9-18)36-30(40)28-24(32)15-34-16-25(28)33/h3,6-11,14-16,19,21,26-27,35H,2,4-5,12-13,17H2,1H3,(H,36,40)(H,37,39)(H,41,42)/t21-,26-,27-/m0/s1. The molecule has 5 rings (SSSR count). The molecule has 1 aliphatic heterocycles. The normalized spacial score (nSPS) is 19.3. The van der Waals surface area contributed by atoms with E-state index in [-0.39, 0.29) is 56.9 Å². The number of pyridine rings is 1. The number of nitrogens with one attached hydrogen (secondary N) is 3. The molecular formula is C31H33Cl2N5O8S2. The van der Waals surface area contributed by atoms with E-state index in [0.29, 0.717) is 11.3 Å². The lowest BCUT2D eigenvalue weighted by Gasteiger charge is -2.29. The Hall–Kier alpha value is -3.60. The molecule has 256 valence electrons. The second kappa shape index (κ2) is 14.5. The van der Waals surface area contributed by atoms with Gasteiger partial charge in [0, 0.05) is 49.4 Å². The number of halogens is 2. The number of sulfone groups is 1. The first-order chi connectivity index (χ1) is 22.6. The van der Waals surface area contributed by atoms with Gasteiger partial charge >= 0.3 is 5.97 Å². The van der Waals surface area contributed by atoms with E-state index in [4.69, 9.17) is 23.2 Å². The summed E-state index contributed by atoms with van der Waals surface area (Å²) in [5.74, 6) is -2.70. The van der Waals surface area contributed by atoms with Gasteiger partial charge in [-0.3, -0.25) is 14.6 Å². The third-order valence-corrected chi connectivity index (χ3v) is 11.9. The number of sulfonamides is 1. The Balaban J connectivity index is 1.32. The lowest BCUT2D eigenvalue weighted by Crippen LogP contribution is -2.51. The molecule has 2 amide bonds. The number of nitrogens with zero attached hydrogens (tertiary/aromatic N) is 2. The van der Waals surface area contributed by atoms with Crippen molar-refractivity contribution in [2.75, 3.05) is 18.1 Å². The molecule has 1 aromatic heterocycles. The van der Waals surface area contributed by atoms with E-state index < -0.39 is 49.7 Å². The van der Waals surface area contributed by atoms with E-state index in [1.165, 1.54) is 30.6 Å². The van der Waals surface area contributed by atoms with Crippen LogP contribution in [-0.2, 0) is 35.9 Å². The maximum absolute atomic E-state index is 13.8. The van der Waals surface area contributed by atoms with Gasteiger partial charge in [0.1, 0.15) is 12.1 Å². The fourth-order valence-electron chi connectivity index (χ4n) is 5.59. The van der Waals surface area contributed by atoms with E-state index in [1.807, 2.05) is 0 Å². The summed E-state index contributed by atoms with van der Waals surface area (Å²) in [5.41, 5.74) is 0.932. The number of carbonyl (C=O) groups is 3. The summed E-state index contributed by atoms with van der Waals surface area (Å²) in [5, 5.41) is 18.7. The van der Waals surface area contributed by atoms with Crippen molar-refractivity contribution >= 4 is 66.5 Å². The SMILES string of the molecule is CS(=O)(=O)c1cccc(S(=O)(=O)N2C[C@@H](NC3CCC3)C[C@H]2C(=O)N[C@@H](Cc2ccc(NC(=O)c3c(Cl)cncc3Cl)cc2)C(=O)O)c1. The third kappa shape index (κ3) is 8.15. The number of amides is 2. The Morgan fingerprint density at radius 2 is 1.62 bits per heavy atom. The number of carboxylic acids is 1. The fraction of sp³-hybridized carbons (Fsp3) is 0.355. The van der Waals surface area contributed by atoms with Gasteiger partial charge in [-0.2, -0.15) is 4.31 Å². The molecule has 0 radical (unpaired) electrons. The van der Waals surface area contributed by atoms with Crippen molar-refractivity contribution in [1.82, 2.24) is 19.9 Å². The molecular weight excluding hydrogens is 705 g/mol. The highest BCUT2D eigenvalue weighted by atomic mass is 35.5. The van der Waals surface area contributed by atoms with Crippen LogP contribution >= 0.6 is 23.2 Å². The van der Waals surface area contributed by atoms with Gasteiger partial charge in [0.25, 0.3) is 5.91 Å². The average molecular weight is 739 g/mol. The van der Waals surface area contributed by atoms with E-state index in [0.717, 1.165) is 35.9 Å². The lowest BCUT2D eigenvalue weighted by molar-refractivity contribution is -0.142. The zero-order valence-corrected chi connectivity index (χ0v) is 28.7. The number of hydrogen-bond donors (Lipinski definition) is 4. The number of anilines is 1. The molecule has 1 aliphatic carbocycles. The number of carboxylic acid groups (broad SMARTS) is 1. The highest BCUT2D eigenvalue weighted by Gasteiger charge is 2.45. The van der Waals surface area contributed by atoms with Gasteiger partial charge in [0.2, 0.25) is 15.9 Å². The van der Waals surface area contributed by atoms with Crippen LogP contribution < -0.4 is 16.0 Å². The van der Waals surface area contributed by atoms with Crippen LogP contribution in [0.2, 0.25) is 10.0 Å². The summed E-state index contributed by atoms with van der Waals surface area (Å²) in [6.45, 7) is -0.0547. The summed E-state index contributed by atoms with van der Waals surface area (Å²) >= 11 is 12.1. The molecule has 3 aromatic rings. The molecule has 3 atom stereocenters. The molecule has 0 unspecified atom stereocenters. The van der Waals surface area contributed by atoms with E-state index in [2.05, 4.69) is 20.9 Å². The maximum atomic E-state index is 13.8. The van der Waals surface area contributed by atoms with Gasteiger partial charge in [0.15, 0.2) is 9.84 Å². The highest BCUT2D eigenvalue weighted by Crippen LogP contribution is 2.30. The molecule has 1 saturated carbocycles. The largest absolute Gasteiger partial charge is 0.480 e. The van der Waals surface area contributed by atoms with Gasteiger partial charge in [-0.05, 0) is 55.2 Å². The summed E-state index contributed by atoms with van der Waals surface area (Å²) in [4.78, 5) is 42.0. The number of benzene rings is 2. The van der Waals surface area contributed by atoms with E-state index in [9.17, 15) is 36.3 Å². The topological polar surface area (TPSA) is 192 Å². The molecule has 17 heteroatoms. The summed E-state index contributed by atoms with van der Waals surface area (Å²) in [7, 11) is -8.08. The molecule has 2 heterocycles. The first-order valence-corrected chi connectivity index (χ1v) is 19.0. The van der Waals surface area contributed by atoms with Gasteiger partial charge in [-0.15, -0.1) is 0 Å². The monoisotopic (exact) mass is 737 g/mol. The molecule has 2 fully saturated rings. The summed E-state index contributed by atoms with van der Waals surface area (Å²) in [6.07, 6.45) is 6.37. The maximum Gasteiger partial charge on any atom is 0.326 e. The van der Waals surface area contributed by atoms with Crippen LogP contribution in [0.25, 0.3) is 0 Å². The number of aliphatic carboxylic acids is 1. The minimum absolute atomic E-state index is 0.0438. The van der Waals surface area contributed by atoms with E-state index in [1.54, 1.807) is 24.3 Å². The number of carbonyl (C=O) groups excluding carboxylic acids is 2. The highest BCUT2D eigenvalue weighted by molar-refractivity contribution is 7.91. The van der Waals surface area contributed by atoms with Gasteiger partial charge in [-0.1, -0.05) is 47.8 Å². The van der Waals surface area contributed by atoms with Gasteiger partial charge < -0.3 is 21.1 Å².